The number of halogens is 2. The number of ether oxygens (including phenoxy) is 1. The Morgan fingerprint density at radius 1 is 1.43 bits per heavy atom. The van der Waals surface area contributed by atoms with Crippen LogP contribution in [0, 0.1) is 0 Å². The van der Waals surface area contributed by atoms with Gasteiger partial charge in [0.05, 0.1) is 0 Å². The lowest BCUT2D eigenvalue weighted by Gasteiger charge is -2.17. The molecular formula is C9H13F2NO2. The Hall–Kier alpha value is -1.39. The molecule has 14 heavy (non-hydrogen) atoms. The van der Waals surface area contributed by atoms with Crippen LogP contribution in [0.4, 0.5) is 13.6 Å². The van der Waals surface area contributed by atoms with Crippen LogP contribution < -0.4 is 0 Å². The van der Waals surface area contributed by atoms with Crippen molar-refractivity contribution in [2.24, 2.45) is 0 Å². The molecule has 0 saturated carbocycles. The molecule has 0 bridgehead atoms. The second-order valence-corrected chi connectivity index (χ2v) is 2.37. The molecular weight excluding hydrogens is 192 g/mol. The van der Waals surface area contributed by atoms with Crippen molar-refractivity contribution >= 4 is 6.09 Å². The summed E-state index contributed by atoms with van der Waals surface area (Å²) in [6.45, 7) is 7.39. The topological polar surface area (TPSA) is 29.5 Å². The van der Waals surface area contributed by atoms with Crippen LogP contribution in [-0.4, -0.2) is 24.1 Å². The summed E-state index contributed by atoms with van der Waals surface area (Å²) in [6, 6.07) is 0. The number of allylic oxidation sites excluding steroid dienone is 1. The fraction of sp³-hybridized carbons (Fsp3) is 0.444. The first-order valence-electron chi connectivity index (χ1n) is 4.21. The molecule has 0 aliphatic heterocycles. The molecule has 0 unspecified atom stereocenters. The molecule has 0 aliphatic carbocycles. The minimum atomic E-state index is -2.06. The Labute approximate surface area is 81.6 Å². The molecule has 1 amide bonds. The summed E-state index contributed by atoms with van der Waals surface area (Å²) in [5, 5.41) is 0. The summed E-state index contributed by atoms with van der Waals surface area (Å²) < 4.78 is 28.5. The fourth-order valence-electron chi connectivity index (χ4n) is 0.798. The van der Waals surface area contributed by atoms with E-state index in [9.17, 15) is 13.6 Å². The van der Waals surface area contributed by atoms with Crippen molar-refractivity contribution in [3.8, 4) is 0 Å². The summed E-state index contributed by atoms with van der Waals surface area (Å²) >= 11 is 0. The molecule has 0 aromatic heterocycles. The van der Waals surface area contributed by atoms with E-state index in [2.05, 4.69) is 11.3 Å². The van der Waals surface area contributed by atoms with E-state index in [0.29, 0.717) is 13.1 Å². The van der Waals surface area contributed by atoms with E-state index in [0.717, 1.165) is 6.08 Å². The SMILES string of the molecule is C=CC(OC(=O)N(CC)CC)=C(F)F. The van der Waals surface area contributed by atoms with Crippen LogP contribution in [0.5, 0.6) is 0 Å². The number of nitrogens with zero attached hydrogens (tertiary/aromatic N) is 1. The molecule has 0 N–H and O–H groups in total. The van der Waals surface area contributed by atoms with Crippen molar-refractivity contribution in [2.75, 3.05) is 13.1 Å². The second kappa shape index (κ2) is 6.12. The molecule has 0 atom stereocenters. The average molecular weight is 205 g/mol. The molecule has 0 rings (SSSR count). The zero-order valence-electron chi connectivity index (χ0n) is 8.22. The average Bonchev–Trinajstić information content (AvgIpc) is 2.15. The van der Waals surface area contributed by atoms with Crippen LogP contribution in [-0.2, 0) is 4.74 Å². The van der Waals surface area contributed by atoms with Gasteiger partial charge in [0.1, 0.15) is 0 Å². The Morgan fingerprint density at radius 2 is 1.93 bits per heavy atom. The van der Waals surface area contributed by atoms with Crippen LogP contribution in [0.2, 0.25) is 0 Å². The smallest absolute Gasteiger partial charge is 0.404 e. The van der Waals surface area contributed by atoms with Gasteiger partial charge in [0.15, 0.2) is 5.76 Å². The molecule has 0 aromatic carbocycles. The largest absolute Gasteiger partial charge is 0.415 e. The van der Waals surface area contributed by atoms with E-state index in [1.165, 1.54) is 4.90 Å². The highest BCUT2D eigenvalue weighted by atomic mass is 19.3. The predicted molar refractivity (Wildman–Crippen MR) is 48.8 cm³/mol. The van der Waals surface area contributed by atoms with Gasteiger partial charge in [-0.15, -0.1) is 0 Å². The summed E-state index contributed by atoms with van der Waals surface area (Å²) in [7, 11) is 0. The van der Waals surface area contributed by atoms with Crippen molar-refractivity contribution < 1.29 is 18.3 Å². The van der Waals surface area contributed by atoms with E-state index in [1.807, 2.05) is 0 Å². The number of hydrogen-bond donors (Lipinski definition) is 0. The van der Waals surface area contributed by atoms with Crippen LogP contribution in [0.3, 0.4) is 0 Å². The summed E-state index contributed by atoms with van der Waals surface area (Å²) in [6.07, 6.45) is -2.05. The van der Waals surface area contributed by atoms with Crippen molar-refractivity contribution in [2.45, 2.75) is 13.8 Å². The van der Waals surface area contributed by atoms with Crippen LogP contribution >= 0.6 is 0 Å². The number of hydrogen-bond acceptors (Lipinski definition) is 2. The Morgan fingerprint density at radius 3 is 2.21 bits per heavy atom. The van der Waals surface area contributed by atoms with Gasteiger partial charge >= 0.3 is 12.2 Å². The Bertz CT molecular complexity index is 243. The highest BCUT2D eigenvalue weighted by molar-refractivity contribution is 5.69. The zero-order valence-corrected chi connectivity index (χ0v) is 8.22. The Balaban J connectivity index is 4.44. The fourth-order valence-corrected chi connectivity index (χ4v) is 0.798. The maximum atomic E-state index is 12.0. The van der Waals surface area contributed by atoms with E-state index in [1.54, 1.807) is 13.8 Å². The van der Waals surface area contributed by atoms with Gasteiger partial charge in [-0.25, -0.2) is 4.79 Å². The summed E-state index contributed by atoms with van der Waals surface area (Å²) in [5.74, 6) is -0.790. The summed E-state index contributed by atoms with van der Waals surface area (Å²) in [4.78, 5) is 12.5. The minimum Gasteiger partial charge on any atom is -0.404 e. The normalized spacial score (nSPS) is 9.14. The van der Waals surface area contributed by atoms with Gasteiger partial charge in [-0.3, -0.25) is 0 Å². The van der Waals surface area contributed by atoms with Crippen LogP contribution in [0.15, 0.2) is 24.5 Å². The highest BCUT2D eigenvalue weighted by Gasteiger charge is 2.14. The molecule has 5 heteroatoms. The van der Waals surface area contributed by atoms with Gasteiger partial charge in [0, 0.05) is 13.1 Å². The standard InChI is InChI=1S/C9H13F2NO2/c1-4-7(8(10)11)14-9(13)12(5-2)6-3/h4H,1,5-6H2,2-3H3. The lowest BCUT2D eigenvalue weighted by Crippen LogP contribution is -2.30. The summed E-state index contributed by atoms with van der Waals surface area (Å²) in [5.41, 5.74) is 0. The maximum Gasteiger partial charge on any atom is 0.415 e. The maximum absolute atomic E-state index is 12.0. The lowest BCUT2D eigenvalue weighted by molar-refractivity contribution is 0.130. The number of carbonyl (C=O) groups excluding carboxylic acids is 1. The van der Waals surface area contributed by atoms with Gasteiger partial charge in [0.25, 0.3) is 0 Å². The van der Waals surface area contributed by atoms with Gasteiger partial charge in [-0.2, -0.15) is 8.78 Å². The van der Waals surface area contributed by atoms with E-state index >= 15 is 0 Å². The first-order valence-corrected chi connectivity index (χ1v) is 4.21. The molecule has 80 valence electrons. The zero-order chi connectivity index (χ0) is 11.1. The van der Waals surface area contributed by atoms with Gasteiger partial charge in [-0.05, 0) is 19.9 Å². The van der Waals surface area contributed by atoms with Crippen molar-refractivity contribution in [1.82, 2.24) is 4.90 Å². The molecule has 0 aliphatic rings. The lowest BCUT2D eigenvalue weighted by atomic mass is 10.5. The van der Waals surface area contributed by atoms with Gasteiger partial charge < -0.3 is 9.64 Å². The van der Waals surface area contributed by atoms with Gasteiger partial charge in [0.2, 0.25) is 0 Å². The number of amides is 1. The van der Waals surface area contributed by atoms with E-state index < -0.39 is 17.9 Å². The quantitative estimate of drug-likeness (QED) is 0.521. The third-order valence-corrected chi connectivity index (χ3v) is 1.59. The van der Waals surface area contributed by atoms with Crippen molar-refractivity contribution in [1.29, 1.82) is 0 Å². The molecule has 3 nitrogen and oxygen atoms in total. The van der Waals surface area contributed by atoms with Crippen LogP contribution in [0.1, 0.15) is 13.8 Å². The molecule has 0 radical (unpaired) electrons. The molecule has 0 fully saturated rings. The van der Waals surface area contributed by atoms with E-state index in [-0.39, 0.29) is 0 Å². The third kappa shape index (κ3) is 3.55. The van der Waals surface area contributed by atoms with Gasteiger partial charge in [-0.1, -0.05) is 6.58 Å². The minimum absolute atomic E-state index is 0.410. The van der Waals surface area contributed by atoms with Crippen LogP contribution in [0.25, 0.3) is 0 Å². The Kier molecular flexibility index (Phi) is 5.52. The number of carbonyl (C=O) groups is 1. The molecule has 0 saturated heterocycles. The molecule has 0 aromatic rings. The number of rotatable bonds is 4. The van der Waals surface area contributed by atoms with Crippen molar-refractivity contribution in [3.05, 3.63) is 24.5 Å². The molecule has 0 spiro atoms. The predicted octanol–water partition coefficient (Wildman–Crippen LogP) is 2.76. The highest BCUT2D eigenvalue weighted by Crippen LogP contribution is 2.11. The first-order chi connectivity index (χ1) is 6.56. The monoisotopic (exact) mass is 205 g/mol. The van der Waals surface area contributed by atoms with Crippen molar-refractivity contribution in [3.63, 3.8) is 0 Å². The second-order valence-electron chi connectivity index (χ2n) is 2.37. The van der Waals surface area contributed by atoms with E-state index in [4.69, 9.17) is 0 Å². The first kappa shape index (κ1) is 12.6. The third-order valence-electron chi connectivity index (χ3n) is 1.59. The molecule has 0 heterocycles.